The summed E-state index contributed by atoms with van der Waals surface area (Å²) >= 11 is 0. The summed E-state index contributed by atoms with van der Waals surface area (Å²) in [5, 5.41) is 14.8. The minimum atomic E-state index is -0.775. The van der Waals surface area contributed by atoms with Crippen molar-refractivity contribution in [3.8, 4) is 0 Å². The lowest BCUT2D eigenvalue weighted by atomic mass is 10.2. The Kier molecular flexibility index (Phi) is 2.68. The van der Waals surface area contributed by atoms with E-state index in [0.29, 0.717) is 18.7 Å². The fraction of sp³-hybridized carbons (Fsp3) is 0.429. The molecule has 66 valence electrons. The fourth-order valence-corrected chi connectivity index (χ4v) is 0.938. The Hall–Kier alpha value is -1.52. The molecule has 0 spiro atoms. The maximum atomic E-state index is 10.1. The molecule has 12 heavy (non-hydrogen) atoms. The smallest absolute Gasteiger partial charge is 0.303 e. The molecule has 0 amide bonds. The third-order valence-corrected chi connectivity index (χ3v) is 1.49. The largest absolute Gasteiger partial charge is 0.481 e. The van der Waals surface area contributed by atoms with Gasteiger partial charge in [-0.3, -0.25) is 9.89 Å². The molecule has 0 aliphatic heterocycles. The molecule has 0 fully saturated rings. The Bertz CT molecular complexity index is 269. The molecule has 0 saturated heterocycles. The average Bonchev–Trinajstić information content (AvgIpc) is 2.35. The van der Waals surface area contributed by atoms with Crippen molar-refractivity contribution in [2.45, 2.75) is 19.3 Å². The van der Waals surface area contributed by atoms with E-state index >= 15 is 0 Å². The van der Waals surface area contributed by atoms with E-state index in [4.69, 9.17) is 10.8 Å². The molecule has 0 bridgehead atoms. The van der Waals surface area contributed by atoms with Gasteiger partial charge in [0.2, 0.25) is 0 Å². The fourth-order valence-electron chi connectivity index (χ4n) is 0.938. The summed E-state index contributed by atoms with van der Waals surface area (Å²) in [5.74, 6) is -0.331. The summed E-state index contributed by atoms with van der Waals surface area (Å²) < 4.78 is 0. The van der Waals surface area contributed by atoms with Crippen molar-refractivity contribution in [2.75, 3.05) is 5.73 Å². The zero-order valence-corrected chi connectivity index (χ0v) is 6.58. The summed E-state index contributed by atoms with van der Waals surface area (Å²) in [5.41, 5.74) is 6.23. The van der Waals surface area contributed by atoms with E-state index < -0.39 is 5.97 Å². The topological polar surface area (TPSA) is 92.0 Å². The molecule has 1 aromatic rings. The number of aliphatic carboxylic acids is 1. The molecule has 0 aliphatic rings. The Morgan fingerprint density at radius 1 is 1.75 bits per heavy atom. The second kappa shape index (κ2) is 3.75. The van der Waals surface area contributed by atoms with Crippen molar-refractivity contribution in [2.24, 2.45) is 0 Å². The van der Waals surface area contributed by atoms with Crippen molar-refractivity contribution in [3.63, 3.8) is 0 Å². The van der Waals surface area contributed by atoms with Crippen LogP contribution in [0.3, 0.4) is 0 Å². The molecule has 1 aromatic heterocycles. The minimum Gasteiger partial charge on any atom is -0.481 e. The zero-order valence-electron chi connectivity index (χ0n) is 6.58. The number of carboxylic acid groups (broad SMARTS) is 1. The van der Waals surface area contributed by atoms with Gasteiger partial charge in [0, 0.05) is 18.2 Å². The highest BCUT2D eigenvalue weighted by atomic mass is 16.4. The molecular weight excluding hydrogens is 158 g/mol. The van der Waals surface area contributed by atoms with Crippen molar-refractivity contribution >= 4 is 11.8 Å². The lowest BCUT2D eigenvalue weighted by Crippen LogP contribution is -1.95. The van der Waals surface area contributed by atoms with Crippen molar-refractivity contribution in [3.05, 3.63) is 11.8 Å². The van der Waals surface area contributed by atoms with Gasteiger partial charge in [0.05, 0.1) is 0 Å². The molecule has 1 heterocycles. The molecule has 1 rings (SSSR count). The van der Waals surface area contributed by atoms with Crippen molar-refractivity contribution < 1.29 is 9.90 Å². The predicted molar refractivity (Wildman–Crippen MR) is 43.6 cm³/mol. The molecule has 0 saturated carbocycles. The Morgan fingerprint density at radius 3 is 3.00 bits per heavy atom. The number of carboxylic acids is 1. The van der Waals surface area contributed by atoms with E-state index in [1.807, 2.05) is 0 Å². The lowest BCUT2D eigenvalue weighted by Gasteiger charge is -1.92. The number of H-pyrrole nitrogens is 1. The summed E-state index contributed by atoms with van der Waals surface area (Å²) in [4.78, 5) is 10.1. The van der Waals surface area contributed by atoms with Crippen LogP contribution in [0.4, 0.5) is 5.82 Å². The predicted octanol–water partition coefficient (Wildman–Crippen LogP) is 0.399. The monoisotopic (exact) mass is 169 g/mol. The number of aromatic nitrogens is 2. The highest BCUT2D eigenvalue weighted by Gasteiger charge is 2.00. The van der Waals surface area contributed by atoms with Gasteiger partial charge >= 0.3 is 5.97 Å². The van der Waals surface area contributed by atoms with Gasteiger partial charge < -0.3 is 10.8 Å². The quantitative estimate of drug-likeness (QED) is 0.608. The zero-order chi connectivity index (χ0) is 8.97. The SMILES string of the molecule is Nc1cc(CCCC(=O)O)[nH]n1. The number of rotatable bonds is 4. The van der Waals surface area contributed by atoms with Crippen LogP contribution >= 0.6 is 0 Å². The molecule has 0 atom stereocenters. The Balaban J connectivity index is 2.29. The van der Waals surface area contributed by atoms with Crippen LogP contribution in [0, 0.1) is 0 Å². The number of aryl methyl sites for hydroxylation is 1. The summed E-state index contributed by atoms with van der Waals surface area (Å²) in [7, 11) is 0. The molecule has 5 heteroatoms. The van der Waals surface area contributed by atoms with E-state index in [2.05, 4.69) is 10.2 Å². The first-order valence-corrected chi connectivity index (χ1v) is 3.70. The van der Waals surface area contributed by atoms with Crippen LogP contribution < -0.4 is 5.73 Å². The number of nitrogens with one attached hydrogen (secondary N) is 1. The number of nitrogens with two attached hydrogens (primary N) is 1. The Morgan fingerprint density at radius 2 is 2.50 bits per heavy atom. The van der Waals surface area contributed by atoms with Crippen LogP contribution in [-0.2, 0) is 11.2 Å². The minimum absolute atomic E-state index is 0.179. The third-order valence-electron chi connectivity index (χ3n) is 1.49. The molecular formula is C7H11N3O2. The first-order valence-electron chi connectivity index (χ1n) is 3.70. The van der Waals surface area contributed by atoms with E-state index in [9.17, 15) is 4.79 Å². The third kappa shape index (κ3) is 2.61. The number of anilines is 1. The van der Waals surface area contributed by atoms with Gasteiger partial charge in [0.1, 0.15) is 5.82 Å². The van der Waals surface area contributed by atoms with Crippen LogP contribution in [0.1, 0.15) is 18.5 Å². The highest BCUT2D eigenvalue weighted by Crippen LogP contribution is 2.04. The van der Waals surface area contributed by atoms with Crippen LogP contribution in [0.15, 0.2) is 6.07 Å². The van der Waals surface area contributed by atoms with E-state index in [1.165, 1.54) is 0 Å². The first-order chi connectivity index (χ1) is 5.68. The van der Waals surface area contributed by atoms with Gasteiger partial charge in [-0.2, -0.15) is 5.10 Å². The highest BCUT2D eigenvalue weighted by molar-refractivity contribution is 5.66. The molecule has 0 aromatic carbocycles. The van der Waals surface area contributed by atoms with E-state index in [1.54, 1.807) is 6.07 Å². The number of hydrogen-bond donors (Lipinski definition) is 3. The molecule has 0 radical (unpaired) electrons. The lowest BCUT2D eigenvalue weighted by molar-refractivity contribution is -0.137. The maximum absolute atomic E-state index is 10.1. The number of carbonyl (C=O) groups is 1. The molecule has 0 unspecified atom stereocenters. The molecule has 4 N–H and O–H groups in total. The van der Waals surface area contributed by atoms with Crippen LogP contribution in [0.25, 0.3) is 0 Å². The maximum Gasteiger partial charge on any atom is 0.303 e. The number of hydrogen-bond acceptors (Lipinski definition) is 3. The van der Waals surface area contributed by atoms with Crippen molar-refractivity contribution in [1.82, 2.24) is 10.2 Å². The number of aromatic amines is 1. The van der Waals surface area contributed by atoms with Gasteiger partial charge in [-0.05, 0) is 12.8 Å². The van der Waals surface area contributed by atoms with Gasteiger partial charge in [0.15, 0.2) is 0 Å². The molecule has 5 nitrogen and oxygen atoms in total. The Labute approximate surface area is 69.6 Å². The summed E-state index contributed by atoms with van der Waals surface area (Å²) in [6.45, 7) is 0. The van der Waals surface area contributed by atoms with Crippen molar-refractivity contribution in [1.29, 1.82) is 0 Å². The van der Waals surface area contributed by atoms with Gasteiger partial charge in [0.25, 0.3) is 0 Å². The first kappa shape index (κ1) is 8.58. The van der Waals surface area contributed by atoms with Crippen LogP contribution in [0.5, 0.6) is 0 Å². The van der Waals surface area contributed by atoms with Gasteiger partial charge in [-0.1, -0.05) is 0 Å². The standard InChI is InChI=1S/C7H11N3O2/c8-6-4-5(9-10-6)2-1-3-7(11)12/h4H,1-3H2,(H,11,12)(H3,8,9,10). The summed E-state index contributed by atoms with van der Waals surface area (Å²) in [6, 6.07) is 1.71. The molecule has 0 aliphatic carbocycles. The number of nitrogen functional groups attached to an aromatic ring is 1. The summed E-state index contributed by atoms with van der Waals surface area (Å²) in [6.07, 6.45) is 1.46. The van der Waals surface area contributed by atoms with Crippen LogP contribution in [0.2, 0.25) is 0 Å². The second-order valence-electron chi connectivity index (χ2n) is 2.57. The second-order valence-corrected chi connectivity index (χ2v) is 2.57. The normalized spacial score (nSPS) is 10.0. The van der Waals surface area contributed by atoms with Gasteiger partial charge in [-0.25, -0.2) is 0 Å². The van der Waals surface area contributed by atoms with E-state index in [-0.39, 0.29) is 6.42 Å². The number of nitrogens with zero attached hydrogens (tertiary/aromatic N) is 1. The van der Waals surface area contributed by atoms with Gasteiger partial charge in [-0.15, -0.1) is 0 Å². The van der Waals surface area contributed by atoms with E-state index in [0.717, 1.165) is 5.69 Å². The average molecular weight is 169 g/mol. The van der Waals surface area contributed by atoms with Crippen LogP contribution in [-0.4, -0.2) is 21.3 Å².